The van der Waals surface area contributed by atoms with E-state index in [4.69, 9.17) is 0 Å². The molecule has 0 radical (unpaired) electrons. The van der Waals surface area contributed by atoms with Crippen LogP contribution in [-0.2, 0) is 0 Å². The van der Waals surface area contributed by atoms with E-state index < -0.39 is 0 Å². The zero-order chi connectivity index (χ0) is 12.5. The fourth-order valence-electron chi connectivity index (χ4n) is 1.83. The highest BCUT2D eigenvalue weighted by Crippen LogP contribution is 2.27. The highest BCUT2D eigenvalue weighted by atomic mass is 16.3. The Kier molecular flexibility index (Phi) is 2.30. The molecule has 2 aromatic heterocycles. The van der Waals surface area contributed by atoms with Gasteiger partial charge in [-0.15, -0.1) is 10.2 Å². The van der Waals surface area contributed by atoms with Gasteiger partial charge < -0.3 is 5.11 Å². The average Bonchev–Trinajstić information content (AvgIpc) is 2.82. The van der Waals surface area contributed by atoms with Crippen LogP contribution in [0.4, 0.5) is 0 Å². The maximum atomic E-state index is 10.7. The van der Waals surface area contributed by atoms with Crippen molar-refractivity contribution in [2.24, 2.45) is 0 Å². The Labute approximate surface area is 102 Å². The summed E-state index contributed by atoms with van der Waals surface area (Å²) >= 11 is 0. The lowest BCUT2D eigenvalue weighted by Gasteiger charge is -2.02. The van der Waals surface area contributed by atoms with Gasteiger partial charge in [0.05, 0.1) is 5.56 Å². The maximum Gasteiger partial charge on any atom is 0.172 e. The fourth-order valence-corrected chi connectivity index (χ4v) is 1.83. The highest BCUT2D eigenvalue weighted by molar-refractivity contribution is 5.77. The molecule has 5 heteroatoms. The van der Waals surface area contributed by atoms with Gasteiger partial charge in [0.2, 0.25) is 0 Å². The molecule has 3 aromatic rings. The van der Waals surface area contributed by atoms with Gasteiger partial charge in [0.15, 0.2) is 11.5 Å². The summed E-state index contributed by atoms with van der Waals surface area (Å²) in [5, 5.41) is 17.8. The van der Waals surface area contributed by atoms with Crippen LogP contribution in [0.5, 0.6) is 5.75 Å². The molecular formula is C13H9N3O2. The predicted molar refractivity (Wildman–Crippen MR) is 65.5 cm³/mol. The van der Waals surface area contributed by atoms with E-state index in [-0.39, 0.29) is 5.75 Å². The number of pyridine rings is 1. The third-order valence-corrected chi connectivity index (χ3v) is 2.72. The molecule has 18 heavy (non-hydrogen) atoms. The summed E-state index contributed by atoms with van der Waals surface area (Å²) in [6.45, 7) is 0. The molecule has 0 fully saturated rings. The molecule has 0 aliphatic carbocycles. The Morgan fingerprint density at radius 2 is 2.00 bits per heavy atom. The summed E-state index contributed by atoms with van der Waals surface area (Å²) in [6.07, 6.45) is 2.47. The van der Waals surface area contributed by atoms with Crippen LogP contribution in [-0.4, -0.2) is 26.0 Å². The third kappa shape index (κ3) is 1.53. The van der Waals surface area contributed by atoms with Crippen LogP contribution in [0.25, 0.3) is 17.0 Å². The number of rotatable bonds is 2. The molecule has 0 bridgehead atoms. The number of aldehydes is 1. The lowest BCUT2D eigenvalue weighted by Crippen LogP contribution is -1.91. The van der Waals surface area contributed by atoms with Crippen molar-refractivity contribution < 1.29 is 9.90 Å². The van der Waals surface area contributed by atoms with E-state index in [2.05, 4.69) is 10.2 Å². The largest absolute Gasteiger partial charge is 0.507 e. The first-order chi connectivity index (χ1) is 8.79. The standard InChI is InChI=1S/C13H9N3O2/c17-8-9-5-6-16-12(7-9)14-15-13(16)10-3-1-2-4-11(10)18/h1-8,18H. The average molecular weight is 239 g/mol. The second-order valence-corrected chi connectivity index (χ2v) is 3.85. The quantitative estimate of drug-likeness (QED) is 0.694. The number of para-hydroxylation sites is 1. The molecule has 0 saturated heterocycles. The topological polar surface area (TPSA) is 67.5 Å². The van der Waals surface area contributed by atoms with Crippen LogP contribution in [0.1, 0.15) is 10.4 Å². The van der Waals surface area contributed by atoms with Crippen LogP contribution in [0.3, 0.4) is 0 Å². The number of carbonyl (C=O) groups excluding carboxylic acids is 1. The second kappa shape index (κ2) is 3.96. The SMILES string of the molecule is O=Cc1ccn2c(-c3ccccc3O)nnc2c1. The van der Waals surface area contributed by atoms with Gasteiger partial charge in [-0.25, -0.2) is 0 Å². The normalized spacial score (nSPS) is 10.7. The molecule has 3 rings (SSSR count). The van der Waals surface area contributed by atoms with Crippen molar-refractivity contribution in [1.82, 2.24) is 14.6 Å². The van der Waals surface area contributed by atoms with E-state index in [0.717, 1.165) is 6.29 Å². The van der Waals surface area contributed by atoms with Crippen molar-refractivity contribution in [2.75, 3.05) is 0 Å². The minimum atomic E-state index is 0.145. The lowest BCUT2D eigenvalue weighted by molar-refractivity contribution is 0.112. The maximum absolute atomic E-state index is 10.7. The number of phenols is 1. The van der Waals surface area contributed by atoms with E-state index in [1.54, 1.807) is 40.9 Å². The molecule has 0 spiro atoms. The van der Waals surface area contributed by atoms with Crippen molar-refractivity contribution in [2.45, 2.75) is 0 Å². The first-order valence-corrected chi connectivity index (χ1v) is 5.38. The number of aromatic nitrogens is 3. The number of phenolic OH excluding ortho intramolecular Hbond substituents is 1. The number of hydrogen-bond acceptors (Lipinski definition) is 4. The molecule has 0 saturated carbocycles. The molecule has 0 unspecified atom stereocenters. The molecule has 0 amide bonds. The molecular weight excluding hydrogens is 230 g/mol. The zero-order valence-electron chi connectivity index (χ0n) is 9.32. The van der Waals surface area contributed by atoms with Gasteiger partial charge in [0, 0.05) is 11.8 Å². The third-order valence-electron chi connectivity index (χ3n) is 2.72. The van der Waals surface area contributed by atoms with E-state index in [0.29, 0.717) is 22.6 Å². The summed E-state index contributed by atoms with van der Waals surface area (Å²) < 4.78 is 1.72. The smallest absolute Gasteiger partial charge is 0.172 e. The minimum Gasteiger partial charge on any atom is -0.507 e. The van der Waals surface area contributed by atoms with Crippen molar-refractivity contribution in [3.63, 3.8) is 0 Å². The van der Waals surface area contributed by atoms with Gasteiger partial charge >= 0.3 is 0 Å². The second-order valence-electron chi connectivity index (χ2n) is 3.85. The number of aromatic hydroxyl groups is 1. The molecule has 0 aliphatic rings. The summed E-state index contributed by atoms with van der Waals surface area (Å²) in [7, 11) is 0. The van der Waals surface area contributed by atoms with Gasteiger partial charge in [-0.3, -0.25) is 9.20 Å². The molecule has 0 atom stereocenters. The van der Waals surface area contributed by atoms with E-state index in [9.17, 15) is 9.90 Å². The van der Waals surface area contributed by atoms with Crippen molar-refractivity contribution in [3.8, 4) is 17.1 Å². The minimum absolute atomic E-state index is 0.145. The van der Waals surface area contributed by atoms with Gasteiger partial charge in [-0.1, -0.05) is 12.1 Å². The van der Waals surface area contributed by atoms with E-state index >= 15 is 0 Å². The first kappa shape index (κ1) is 10.5. The van der Waals surface area contributed by atoms with Gasteiger partial charge in [0.1, 0.15) is 12.0 Å². The zero-order valence-corrected chi connectivity index (χ0v) is 9.32. The van der Waals surface area contributed by atoms with Crippen molar-refractivity contribution >= 4 is 11.9 Å². The van der Waals surface area contributed by atoms with E-state index in [1.165, 1.54) is 0 Å². The number of nitrogens with zero attached hydrogens (tertiary/aromatic N) is 3. The predicted octanol–water partition coefficient (Wildman–Crippen LogP) is 1.91. The highest BCUT2D eigenvalue weighted by Gasteiger charge is 2.11. The van der Waals surface area contributed by atoms with Gasteiger partial charge in [-0.2, -0.15) is 0 Å². The molecule has 0 aliphatic heterocycles. The number of benzene rings is 1. The fraction of sp³-hybridized carbons (Fsp3) is 0. The van der Waals surface area contributed by atoms with Crippen LogP contribution in [0, 0.1) is 0 Å². The monoisotopic (exact) mass is 239 g/mol. The van der Waals surface area contributed by atoms with Gasteiger partial charge in [-0.05, 0) is 24.3 Å². The van der Waals surface area contributed by atoms with Crippen LogP contribution >= 0.6 is 0 Å². The molecule has 1 aromatic carbocycles. The Balaban J connectivity index is 2.25. The Morgan fingerprint density at radius 3 is 2.78 bits per heavy atom. The van der Waals surface area contributed by atoms with Gasteiger partial charge in [0.25, 0.3) is 0 Å². The number of hydrogen-bond donors (Lipinski definition) is 1. The molecule has 1 N–H and O–H groups in total. The first-order valence-electron chi connectivity index (χ1n) is 5.38. The summed E-state index contributed by atoms with van der Waals surface area (Å²) in [5.41, 5.74) is 1.71. The van der Waals surface area contributed by atoms with Crippen molar-refractivity contribution in [3.05, 3.63) is 48.2 Å². The van der Waals surface area contributed by atoms with E-state index in [1.807, 2.05) is 6.07 Å². The van der Waals surface area contributed by atoms with Crippen LogP contribution < -0.4 is 0 Å². The van der Waals surface area contributed by atoms with Crippen molar-refractivity contribution in [1.29, 1.82) is 0 Å². The van der Waals surface area contributed by atoms with Crippen LogP contribution in [0.15, 0.2) is 42.6 Å². The summed E-state index contributed by atoms with van der Waals surface area (Å²) in [5.74, 6) is 0.687. The Hall–Kier alpha value is -2.69. The molecule has 5 nitrogen and oxygen atoms in total. The Morgan fingerprint density at radius 1 is 1.17 bits per heavy atom. The Bertz CT molecular complexity index is 734. The summed E-state index contributed by atoms with van der Waals surface area (Å²) in [6, 6.07) is 10.2. The van der Waals surface area contributed by atoms with Crippen LogP contribution in [0.2, 0.25) is 0 Å². The lowest BCUT2D eigenvalue weighted by atomic mass is 10.2. The number of fused-ring (bicyclic) bond motifs is 1. The number of carbonyl (C=O) groups is 1. The summed E-state index contributed by atoms with van der Waals surface area (Å²) in [4.78, 5) is 10.7. The molecule has 88 valence electrons. The molecule has 2 heterocycles.